The predicted octanol–water partition coefficient (Wildman–Crippen LogP) is 1.99. The summed E-state index contributed by atoms with van der Waals surface area (Å²) < 4.78 is 0. The lowest BCUT2D eigenvalue weighted by Crippen LogP contribution is -2.51. The van der Waals surface area contributed by atoms with Gasteiger partial charge in [-0.2, -0.15) is 0 Å². The minimum atomic E-state index is -0.558. The first kappa shape index (κ1) is 17.1. The molecule has 1 aliphatic rings. The van der Waals surface area contributed by atoms with E-state index in [1.54, 1.807) is 31.5 Å². The van der Waals surface area contributed by atoms with Crippen molar-refractivity contribution in [3.05, 3.63) is 36.3 Å². The van der Waals surface area contributed by atoms with Crippen molar-refractivity contribution in [2.24, 2.45) is 0 Å². The second-order valence-electron chi connectivity index (χ2n) is 6.44. The molecule has 2 amide bonds. The second kappa shape index (κ2) is 7.46. The smallest absolute Gasteiger partial charge is 0.253 e. The van der Waals surface area contributed by atoms with E-state index in [2.05, 4.69) is 27.2 Å². The normalized spacial score (nSPS) is 18.6. The van der Waals surface area contributed by atoms with Gasteiger partial charge in [0.1, 0.15) is 11.7 Å². The summed E-state index contributed by atoms with van der Waals surface area (Å²) in [6, 6.07) is 3.08. The molecule has 2 aromatic rings. The van der Waals surface area contributed by atoms with Crippen LogP contribution in [0.25, 0.3) is 11.5 Å². The number of rotatable bonds is 4. The van der Waals surface area contributed by atoms with Crippen LogP contribution in [0.15, 0.2) is 30.7 Å². The lowest BCUT2D eigenvalue weighted by Gasteiger charge is -2.35. The maximum Gasteiger partial charge on any atom is 0.253 e. The van der Waals surface area contributed by atoms with Crippen LogP contribution in [0.3, 0.4) is 0 Å². The van der Waals surface area contributed by atoms with Gasteiger partial charge < -0.3 is 15.2 Å². The molecule has 0 bridgehead atoms. The first-order valence-electron chi connectivity index (χ1n) is 8.63. The van der Waals surface area contributed by atoms with Crippen LogP contribution in [0.5, 0.6) is 0 Å². The van der Waals surface area contributed by atoms with E-state index in [0.29, 0.717) is 17.1 Å². The van der Waals surface area contributed by atoms with Crippen LogP contribution in [0, 0.1) is 0 Å². The molecule has 0 saturated carbocycles. The molecule has 2 unspecified atom stereocenters. The summed E-state index contributed by atoms with van der Waals surface area (Å²) in [6.07, 6.45) is 8.05. The van der Waals surface area contributed by atoms with Gasteiger partial charge in [-0.25, -0.2) is 4.98 Å². The first-order valence-corrected chi connectivity index (χ1v) is 8.63. The summed E-state index contributed by atoms with van der Waals surface area (Å²) >= 11 is 0. The number of piperidine rings is 1. The van der Waals surface area contributed by atoms with Gasteiger partial charge in [-0.1, -0.05) is 0 Å². The average Bonchev–Trinajstić information content (AvgIpc) is 3.16. The van der Waals surface area contributed by atoms with E-state index < -0.39 is 6.04 Å². The second-order valence-corrected chi connectivity index (χ2v) is 6.44. The molecule has 3 heterocycles. The number of nitrogens with zero attached hydrogens (tertiary/aromatic N) is 3. The molecule has 132 valence electrons. The fraction of sp³-hybridized carbons (Fsp3) is 0.444. The summed E-state index contributed by atoms with van der Waals surface area (Å²) in [6.45, 7) is 4.55. The quantitative estimate of drug-likeness (QED) is 0.890. The molecule has 0 aromatic carbocycles. The van der Waals surface area contributed by atoms with Crippen molar-refractivity contribution in [1.82, 2.24) is 25.2 Å². The fourth-order valence-corrected chi connectivity index (χ4v) is 3.09. The van der Waals surface area contributed by atoms with Gasteiger partial charge in [0.25, 0.3) is 5.91 Å². The number of hydrogen-bond acceptors (Lipinski definition) is 4. The Hall–Kier alpha value is -2.70. The number of pyridine rings is 1. The zero-order chi connectivity index (χ0) is 17.8. The van der Waals surface area contributed by atoms with Crippen LogP contribution >= 0.6 is 0 Å². The van der Waals surface area contributed by atoms with Gasteiger partial charge in [-0.3, -0.25) is 14.6 Å². The van der Waals surface area contributed by atoms with E-state index in [1.165, 1.54) is 6.20 Å². The van der Waals surface area contributed by atoms with E-state index >= 15 is 0 Å². The SMILES string of the molecule is CC(NC(=O)c1ccc(-c2ncc[nH]2)nc1)C(=O)N1CCCCC1C. The zero-order valence-corrected chi connectivity index (χ0v) is 14.5. The number of aromatic amines is 1. The number of nitrogens with one attached hydrogen (secondary N) is 2. The van der Waals surface area contributed by atoms with Gasteiger partial charge in [-0.05, 0) is 45.2 Å². The van der Waals surface area contributed by atoms with E-state index in [-0.39, 0.29) is 17.9 Å². The van der Waals surface area contributed by atoms with Crippen molar-refractivity contribution in [3.8, 4) is 11.5 Å². The Morgan fingerprint density at radius 1 is 1.32 bits per heavy atom. The minimum Gasteiger partial charge on any atom is -0.343 e. The van der Waals surface area contributed by atoms with E-state index in [4.69, 9.17) is 0 Å². The molecule has 2 N–H and O–H groups in total. The van der Waals surface area contributed by atoms with Crippen molar-refractivity contribution in [3.63, 3.8) is 0 Å². The zero-order valence-electron chi connectivity index (χ0n) is 14.5. The third-order valence-corrected chi connectivity index (χ3v) is 4.57. The number of likely N-dealkylation sites (tertiary alicyclic amines) is 1. The number of imidazole rings is 1. The molecule has 25 heavy (non-hydrogen) atoms. The van der Waals surface area contributed by atoms with Crippen molar-refractivity contribution >= 4 is 11.8 Å². The number of H-pyrrole nitrogens is 1. The largest absolute Gasteiger partial charge is 0.343 e. The Labute approximate surface area is 146 Å². The molecule has 1 aliphatic heterocycles. The molecule has 0 aliphatic carbocycles. The Morgan fingerprint density at radius 3 is 2.80 bits per heavy atom. The number of hydrogen-bond donors (Lipinski definition) is 2. The standard InChI is InChI=1S/C18H23N5O2/c1-12-5-3-4-10-23(12)18(25)13(2)22-17(24)14-6-7-15(21-11-14)16-19-8-9-20-16/h6-9,11-13H,3-5,10H2,1-2H3,(H,19,20)(H,22,24). The van der Waals surface area contributed by atoms with Gasteiger partial charge in [0.15, 0.2) is 5.82 Å². The summed E-state index contributed by atoms with van der Waals surface area (Å²) in [4.78, 5) is 38.1. The summed E-state index contributed by atoms with van der Waals surface area (Å²) in [7, 11) is 0. The van der Waals surface area contributed by atoms with Crippen LogP contribution in [0.1, 0.15) is 43.5 Å². The maximum absolute atomic E-state index is 12.6. The third-order valence-electron chi connectivity index (χ3n) is 4.57. The van der Waals surface area contributed by atoms with Crippen LogP contribution in [-0.4, -0.2) is 50.3 Å². The Bertz CT molecular complexity index is 726. The molecule has 2 atom stereocenters. The molecular formula is C18H23N5O2. The van der Waals surface area contributed by atoms with Crippen molar-refractivity contribution in [1.29, 1.82) is 0 Å². The van der Waals surface area contributed by atoms with E-state index in [0.717, 1.165) is 25.8 Å². The van der Waals surface area contributed by atoms with Crippen LogP contribution in [-0.2, 0) is 4.79 Å². The number of aromatic nitrogens is 3. The van der Waals surface area contributed by atoms with Gasteiger partial charge in [-0.15, -0.1) is 0 Å². The Kier molecular flexibility index (Phi) is 5.11. The topological polar surface area (TPSA) is 91.0 Å². The molecule has 3 rings (SSSR count). The van der Waals surface area contributed by atoms with E-state index in [9.17, 15) is 9.59 Å². The molecule has 1 fully saturated rings. The minimum absolute atomic E-state index is 0.0271. The van der Waals surface area contributed by atoms with E-state index in [1.807, 2.05) is 4.90 Å². The van der Waals surface area contributed by atoms with Gasteiger partial charge >= 0.3 is 0 Å². The highest BCUT2D eigenvalue weighted by molar-refractivity contribution is 5.97. The molecule has 1 saturated heterocycles. The molecule has 7 heteroatoms. The number of carbonyl (C=O) groups excluding carboxylic acids is 2. The fourth-order valence-electron chi connectivity index (χ4n) is 3.09. The molecule has 7 nitrogen and oxygen atoms in total. The summed E-state index contributed by atoms with van der Waals surface area (Å²) in [5.41, 5.74) is 1.08. The Morgan fingerprint density at radius 2 is 2.16 bits per heavy atom. The highest BCUT2D eigenvalue weighted by Gasteiger charge is 2.27. The first-order chi connectivity index (χ1) is 12.1. The number of carbonyl (C=O) groups is 2. The summed E-state index contributed by atoms with van der Waals surface area (Å²) in [5, 5.41) is 2.77. The lowest BCUT2D eigenvalue weighted by molar-refractivity contribution is -0.136. The molecule has 0 spiro atoms. The lowest BCUT2D eigenvalue weighted by atomic mass is 10.0. The van der Waals surface area contributed by atoms with Crippen LogP contribution in [0.4, 0.5) is 0 Å². The highest BCUT2D eigenvalue weighted by Crippen LogP contribution is 2.17. The van der Waals surface area contributed by atoms with Gasteiger partial charge in [0, 0.05) is 31.2 Å². The van der Waals surface area contributed by atoms with Crippen molar-refractivity contribution in [2.75, 3.05) is 6.54 Å². The molecule has 2 aromatic heterocycles. The van der Waals surface area contributed by atoms with Crippen molar-refractivity contribution in [2.45, 2.75) is 45.2 Å². The maximum atomic E-state index is 12.6. The molecule has 0 radical (unpaired) electrons. The van der Waals surface area contributed by atoms with Crippen molar-refractivity contribution < 1.29 is 9.59 Å². The summed E-state index contributed by atoms with van der Waals surface area (Å²) in [5.74, 6) is 0.319. The number of amides is 2. The predicted molar refractivity (Wildman–Crippen MR) is 93.8 cm³/mol. The molecular weight excluding hydrogens is 318 g/mol. The van der Waals surface area contributed by atoms with Crippen LogP contribution in [0.2, 0.25) is 0 Å². The highest BCUT2D eigenvalue weighted by atomic mass is 16.2. The van der Waals surface area contributed by atoms with Gasteiger partial charge in [0.2, 0.25) is 5.91 Å². The average molecular weight is 341 g/mol. The van der Waals surface area contributed by atoms with Gasteiger partial charge in [0.05, 0.1) is 5.56 Å². The third kappa shape index (κ3) is 3.87. The monoisotopic (exact) mass is 341 g/mol. The Balaban J connectivity index is 1.62. The van der Waals surface area contributed by atoms with Crippen LogP contribution < -0.4 is 5.32 Å².